The number of H-pyrrole nitrogens is 1. The number of carbonyl (C=O) groups excluding carboxylic acids is 1. The van der Waals surface area contributed by atoms with Gasteiger partial charge in [0.1, 0.15) is 5.82 Å². The third-order valence-corrected chi connectivity index (χ3v) is 5.48. The molecule has 0 atom stereocenters. The summed E-state index contributed by atoms with van der Waals surface area (Å²) in [6.07, 6.45) is 0. The number of imidazole rings is 1. The third-order valence-electron chi connectivity index (χ3n) is 4.47. The molecule has 5 heteroatoms. The van der Waals surface area contributed by atoms with E-state index in [-0.39, 0.29) is 5.91 Å². The molecule has 0 aliphatic rings. The molecule has 1 amide bonds. The summed E-state index contributed by atoms with van der Waals surface area (Å²) in [5, 5.41) is 2.95. The quantitative estimate of drug-likeness (QED) is 0.440. The Morgan fingerprint density at radius 2 is 1.68 bits per heavy atom. The minimum absolute atomic E-state index is 0.0162. The van der Waals surface area contributed by atoms with Crippen molar-refractivity contribution in [2.24, 2.45) is 0 Å². The lowest BCUT2D eigenvalue weighted by Crippen LogP contribution is -2.13. The van der Waals surface area contributed by atoms with Crippen molar-refractivity contribution in [1.29, 1.82) is 0 Å². The fourth-order valence-corrected chi connectivity index (χ4v) is 3.65. The van der Waals surface area contributed by atoms with Crippen LogP contribution in [0.5, 0.6) is 0 Å². The number of aromatic amines is 1. The Morgan fingerprint density at radius 3 is 2.43 bits per heavy atom. The molecule has 0 bridgehead atoms. The molecular formula is C23H21N3OS. The zero-order valence-corrected chi connectivity index (χ0v) is 16.6. The predicted octanol–water partition coefficient (Wildman–Crippen LogP) is 5.58. The van der Waals surface area contributed by atoms with Gasteiger partial charge in [0, 0.05) is 16.1 Å². The van der Waals surface area contributed by atoms with Gasteiger partial charge in [0.05, 0.1) is 16.8 Å². The molecule has 0 fully saturated rings. The number of fused-ring (bicyclic) bond motifs is 1. The maximum absolute atomic E-state index is 12.2. The van der Waals surface area contributed by atoms with E-state index in [2.05, 4.69) is 53.4 Å². The summed E-state index contributed by atoms with van der Waals surface area (Å²) in [4.78, 5) is 21.3. The molecule has 4 rings (SSSR count). The summed E-state index contributed by atoms with van der Waals surface area (Å²) in [6.45, 7) is 4.12. The molecular weight excluding hydrogens is 366 g/mol. The highest BCUT2D eigenvalue weighted by Gasteiger charge is 2.07. The van der Waals surface area contributed by atoms with E-state index in [1.54, 1.807) is 0 Å². The summed E-state index contributed by atoms with van der Waals surface area (Å²) in [5.41, 5.74) is 6.16. The second-order valence-electron chi connectivity index (χ2n) is 6.83. The first kappa shape index (κ1) is 18.3. The SMILES string of the molecule is Cc1ccc(SCC(=O)Nc2ccc(-c3nc4ccc(C)cc4[nH]3)cc2)cc1. The lowest BCUT2D eigenvalue weighted by molar-refractivity contribution is -0.113. The number of carbonyl (C=O) groups is 1. The van der Waals surface area contributed by atoms with Crippen LogP contribution in [0.3, 0.4) is 0 Å². The lowest BCUT2D eigenvalue weighted by atomic mass is 10.2. The van der Waals surface area contributed by atoms with Crippen molar-refractivity contribution in [3.8, 4) is 11.4 Å². The largest absolute Gasteiger partial charge is 0.338 e. The van der Waals surface area contributed by atoms with Crippen molar-refractivity contribution in [1.82, 2.24) is 9.97 Å². The zero-order chi connectivity index (χ0) is 19.5. The number of hydrogen-bond donors (Lipinski definition) is 2. The summed E-state index contributed by atoms with van der Waals surface area (Å²) in [7, 11) is 0. The molecule has 0 aliphatic heterocycles. The van der Waals surface area contributed by atoms with Crippen molar-refractivity contribution in [3.05, 3.63) is 77.9 Å². The van der Waals surface area contributed by atoms with Crippen molar-refractivity contribution in [3.63, 3.8) is 0 Å². The Morgan fingerprint density at radius 1 is 0.964 bits per heavy atom. The molecule has 0 saturated heterocycles. The van der Waals surface area contributed by atoms with Crippen LogP contribution in [0.25, 0.3) is 22.4 Å². The van der Waals surface area contributed by atoms with Gasteiger partial charge in [-0.3, -0.25) is 4.79 Å². The average molecular weight is 388 g/mol. The summed E-state index contributed by atoms with van der Waals surface area (Å²) >= 11 is 1.53. The highest BCUT2D eigenvalue weighted by atomic mass is 32.2. The van der Waals surface area contributed by atoms with Crippen LogP contribution in [0, 0.1) is 13.8 Å². The second-order valence-corrected chi connectivity index (χ2v) is 7.88. The van der Waals surface area contributed by atoms with E-state index in [9.17, 15) is 4.79 Å². The number of amides is 1. The van der Waals surface area contributed by atoms with Crippen molar-refractivity contribution in [2.75, 3.05) is 11.1 Å². The highest BCUT2D eigenvalue weighted by molar-refractivity contribution is 8.00. The molecule has 0 aliphatic carbocycles. The van der Waals surface area contributed by atoms with Gasteiger partial charge in [-0.1, -0.05) is 23.8 Å². The molecule has 0 radical (unpaired) electrons. The van der Waals surface area contributed by atoms with Crippen LogP contribution in [-0.4, -0.2) is 21.6 Å². The minimum Gasteiger partial charge on any atom is -0.338 e. The van der Waals surface area contributed by atoms with Gasteiger partial charge in [0.2, 0.25) is 5.91 Å². The maximum atomic E-state index is 12.2. The second kappa shape index (κ2) is 7.90. The number of nitrogens with one attached hydrogen (secondary N) is 2. The number of aromatic nitrogens is 2. The Balaban J connectivity index is 1.39. The number of thioether (sulfide) groups is 1. The van der Waals surface area contributed by atoms with E-state index in [4.69, 9.17) is 0 Å². The third kappa shape index (κ3) is 4.26. The Labute approximate surface area is 168 Å². The van der Waals surface area contributed by atoms with Crippen LogP contribution >= 0.6 is 11.8 Å². The van der Waals surface area contributed by atoms with Crippen LogP contribution in [0.2, 0.25) is 0 Å². The van der Waals surface area contributed by atoms with E-state index in [1.807, 2.05) is 42.5 Å². The van der Waals surface area contributed by atoms with Crippen molar-refractivity contribution in [2.45, 2.75) is 18.7 Å². The van der Waals surface area contributed by atoms with Crippen LogP contribution in [0.1, 0.15) is 11.1 Å². The molecule has 4 nitrogen and oxygen atoms in total. The van der Waals surface area contributed by atoms with Gasteiger partial charge in [0.25, 0.3) is 0 Å². The molecule has 0 spiro atoms. The number of anilines is 1. The van der Waals surface area contributed by atoms with E-state index in [0.29, 0.717) is 5.75 Å². The molecule has 140 valence electrons. The number of nitrogens with zero attached hydrogens (tertiary/aromatic N) is 1. The molecule has 28 heavy (non-hydrogen) atoms. The minimum atomic E-state index is -0.0162. The normalized spacial score (nSPS) is 10.9. The lowest BCUT2D eigenvalue weighted by Gasteiger charge is -2.06. The molecule has 2 N–H and O–H groups in total. The first-order valence-electron chi connectivity index (χ1n) is 9.13. The van der Waals surface area contributed by atoms with Gasteiger partial charge in [0.15, 0.2) is 0 Å². The monoisotopic (exact) mass is 387 g/mol. The van der Waals surface area contributed by atoms with E-state index < -0.39 is 0 Å². The number of aryl methyl sites for hydroxylation is 2. The molecule has 0 unspecified atom stereocenters. The van der Waals surface area contributed by atoms with Crippen molar-refractivity contribution >= 4 is 34.4 Å². The van der Waals surface area contributed by atoms with Crippen LogP contribution < -0.4 is 5.32 Å². The smallest absolute Gasteiger partial charge is 0.234 e. The average Bonchev–Trinajstić information content (AvgIpc) is 3.11. The number of benzene rings is 3. The Hall–Kier alpha value is -3.05. The first-order chi connectivity index (χ1) is 13.6. The fourth-order valence-electron chi connectivity index (χ4n) is 2.95. The van der Waals surface area contributed by atoms with E-state index >= 15 is 0 Å². The van der Waals surface area contributed by atoms with Gasteiger partial charge in [-0.05, 0) is 67.9 Å². The van der Waals surface area contributed by atoms with E-state index in [1.165, 1.54) is 22.9 Å². The van der Waals surface area contributed by atoms with Crippen molar-refractivity contribution < 1.29 is 4.79 Å². The number of rotatable bonds is 5. The molecule has 0 saturated carbocycles. The highest BCUT2D eigenvalue weighted by Crippen LogP contribution is 2.23. The number of hydrogen-bond acceptors (Lipinski definition) is 3. The van der Waals surface area contributed by atoms with Crippen LogP contribution in [-0.2, 0) is 4.79 Å². The van der Waals surface area contributed by atoms with Crippen LogP contribution in [0.15, 0.2) is 71.6 Å². The molecule has 4 aromatic rings. The summed E-state index contributed by atoms with van der Waals surface area (Å²) in [6, 6.07) is 22.1. The summed E-state index contributed by atoms with van der Waals surface area (Å²) < 4.78 is 0. The molecule has 1 aromatic heterocycles. The first-order valence-corrected chi connectivity index (χ1v) is 10.1. The molecule has 3 aromatic carbocycles. The standard InChI is InChI=1S/C23H21N3OS/c1-15-3-10-19(11-4-15)28-14-22(27)24-18-8-6-17(7-9-18)23-25-20-12-5-16(2)13-21(20)26-23/h3-13H,14H2,1-2H3,(H,24,27)(H,25,26). The fraction of sp³-hybridized carbons (Fsp3) is 0.130. The van der Waals surface area contributed by atoms with Gasteiger partial charge in [-0.25, -0.2) is 4.98 Å². The van der Waals surface area contributed by atoms with Gasteiger partial charge < -0.3 is 10.3 Å². The maximum Gasteiger partial charge on any atom is 0.234 e. The zero-order valence-electron chi connectivity index (χ0n) is 15.8. The van der Waals surface area contributed by atoms with Gasteiger partial charge in [-0.2, -0.15) is 0 Å². The predicted molar refractivity (Wildman–Crippen MR) is 117 cm³/mol. The summed E-state index contributed by atoms with van der Waals surface area (Å²) in [5.74, 6) is 1.19. The van der Waals surface area contributed by atoms with E-state index in [0.717, 1.165) is 33.0 Å². The van der Waals surface area contributed by atoms with Gasteiger partial charge in [-0.15, -0.1) is 11.8 Å². The molecule has 1 heterocycles. The Kier molecular flexibility index (Phi) is 5.17. The topological polar surface area (TPSA) is 57.8 Å². The van der Waals surface area contributed by atoms with Crippen LogP contribution in [0.4, 0.5) is 5.69 Å². The van der Waals surface area contributed by atoms with Gasteiger partial charge >= 0.3 is 0 Å². The Bertz CT molecular complexity index is 1120.